The minimum Gasteiger partial charge on any atom is -0.481 e. The van der Waals surface area contributed by atoms with Crippen molar-refractivity contribution in [2.75, 3.05) is 0 Å². The highest BCUT2D eigenvalue weighted by Gasteiger charge is 2.39. The molecule has 0 unspecified atom stereocenters. The summed E-state index contributed by atoms with van der Waals surface area (Å²) in [7, 11) is 0. The van der Waals surface area contributed by atoms with Crippen molar-refractivity contribution in [3.8, 4) is 0 Å². The van der Waals surface area contributed by atoms with E-state index in [2.05, 4.69) is 6.08 Å². The lowest BCUT2D eigenvalue weighted by Gasteiger charge is -2.28. The fraction of sp³-hybridized carbons (Fsp3) is 0.696. The third-order valence-corrected chi connectivity index (χ3v) is 6.06. The molecule has 5 heteroatoms. The van der Waals surface area contributed by atoms with Gasteiger partial charge in [-0.15, -0.1) is 11.6 Å². The van der Waals surface area contributed by atoms with E-state index in [0.29, 0.717) is 12.8 Å². The molecular formula is C23H37ClO4. The van der Waals surface area contributed by atoms with Crippen LogP contribution in [0.3, 0.4) is 0 Å². The highest BCUT2D eigenvalue weighted by atomic mass is 35.5. The van der Waals surface area contributed by atoms with E-state index in [0.717, 1.165) is 19.3 Å². The molecule has 160 valence electrons. The summed E-state index contributed by atoms with van der Waals surface area (Å²) >= 11 is 6.46. The van der Waals surface area contributed by atoms with Gasteiger partial charge in [-0.1, -0.05) is 49.8 Å². The van der Waals surface area contributed by atoms with Gasteiger partial charge in [0.2, 0.25) is 0 Å². The zero-order valence-electron chi connectivity index (χ0n) is 17.6. The molecule has 0 aliphatic heterocycles. The normalized spacial score (nSPS) is 26.8. The number of aliphatic hydroxyl groups is 2. The smallest absolute Gasteiger partial charge is 0.303 e. The Morgan fingerprint density at radius 2 is 1.96 bits per heavy atom. The molecule has 0 aromatic rings. The zero-order chi connectivity index (χ0) is 21.3. The molecule has 3 N–H and O–H groups in total. The molecule has 0 amide bonds. The average Bonchev–Trinajstić information content (AvgIpc) is 2.86. The SMILES string of the molecule is CC(C)=CCC(C)(C)[C@H](O)C=C[C@@H]1[C@@H](CC=CCCCC(=O)O)[C@H](Cl)C[C@H]1O. The van der Waals surface area contributed by atoms with E-state index in [-0.39, 0.29) is 29.0 Å². The molecule has 1 saturated carbocycles. The van der Waals surface area contributed by atoms with Crippen LogP contribution in [0.4, 0.5) is 0 Å². The molecule has 1 fully saturated rings. The Morgan fingerprint density at radius 1 is 1.29 bits per heavy atom. The first-order valence-corrected chi connectivity index (χ1v) is 10.7. The maximum Gasteiger partial charge on any atom is 0.303 e. The van der Waals surface area contributed by atoms with E-state index in [1.54, 1.807) is 0 Å². The number of carboxylic acids is 1. The molecule has 0 heterocycles. The lowest BCUT2D eigenvalue weighted by atomic mass is 9.81. The summed E-state index contributed by atoms with van der Waals surface area (Å²) in [5.41, 5.74) is 0.952. The summed E-state index contributed by atoms with van der Waals surface area (Å²) in [5.74, 6) is -0.749. The van der Waals surface area contributed by atoms with Gasteiger partial charge in [0.25, 0.3) is 0 Å². The van der Waals surface area contributed by atoms with Crippen LogP contribution in [0.5, 0.6) is 0 Å². The molecule has 0 saturated heterocycles. The Balaban J connectivity index is 2.67. The van der Waals surface area contributed by atoms with E-state index in [1.807, 2.05) is 52.0 Å². The fourth-order valence-electron chi connectivity index (χ4n) is 3.49. The van der Waals surface area contributed by atoms with Gasteiger partial charge in [0, 0.05) is 17.7 Å². The number of hydrogen-bond acceptors (Lipinski definition) is 3. The van der Waals surface area contributed by atoms with Crippen molar-refractivity contribution >= 4 is 17.6 Å². The van der Waals surface area contributed by atoms with Gasteiger partial charge in [-0.05, 0) is 57.3 Å². The minimum absolute atomic E-state index is 0.0833. The number of alkyl halides is 1. The molecular weight excluding hydrogens is 376 g/mol. The van der Waals surface area contributed by atoms with Crippen LogP contribution in [-0.4, -0.2) is 38.9 Å². The van der Waals surface area contributed by atoms with Crippen molar-refractivity contribution in [2.24, 2.45) is 17.3 Å². The lowest BCUT2D eigenvalue weighted by Crippen LogP contribution is -2.28. The summed E-state index contributed by atoms with van der Waals surface area (Å²) in [6, 6.07) is 0. The molecule has 28 heavy (non-hydrogen) atoms. The second-order valence-electron chi connectivity index (χ2n) is 8.86. The van der Waals surface area contributed by atoms with Gasteiger partial charge in [0.1, 0.15) is 0 Å². The third kappa shape index (κ3) is 8.50. The van der Waals surface area contributed by atoms with Gasteiger partial charge in [-0.25, -0.2) is 0 Å². The molecule has 1 rings (SSSR count). The number of hydrogen-bond donors (Lipinski definition) is 3. The Bertz CT molecular complexity index is 575. The molecule has 5 atom stereocenters. The van der Waals surface area contributed by atoms with E-state index in [4.69, 9.17) is 16.7 Å². The number of unbranched alkanes of at least 4 members (excludes halogenated alkanes) is 1. The number of aliphatic carboxylic acids is 1. The first-order valence-electron chi connectivity index (χ1n) is 10.2. The predicted octanol–water partition coefficient (Wildman–Crippen LogP) is 5.09. The predicted molar refractivity (Wildman–Crippen MR) is 115 cm³/mol. The number of aliphatic hydroxyl groups excluding tert-OH is 2. The number of carbonyl (C=O) groups is 1. The van der Waals surface area contributed by atoms with Gasteiger partial charge >= 0.3 is 5.97 Å². The van der Waals surface area contributed by atoms with Crippen molar-refractivity contribution in [1.29, 1.82) is 0 Å². The first-order chi connectivity index (χ1) is 13.0. The highest BCUT2D eigenvalue weighted by Crippen LogP contribution is 2.40. The van der Waals surface area contributed by atoms with E-state index in [9.17, 15) is 15.0 Å². The zero-order valence-corrected chi connectivity index (χ0v) is 18.4. The van der Waals surface area contributed by atoms with Crippen LogP contribution in [-0.2, 0) is 4.79 Å². The highest BCUT2D eigenvalue weighted by molar-refractivity contribution is 6.21. The molecule has 1 aliphatic rings. The Hall–Kier alpha value is -1.10. The number of allylic oxidation sites excluding steroid dienone is 4. The summed E-state index contributed by atoms with van der Waals surface area (Å²) in [4.78, 5) is 10.5. The number of carboxylic acid groups (broad SMARTS) is 1. The number of rotatable bonds is 11. The Labute approximate surface area is 175 Å². The maximum absolute atomic E-state index is 10.6. The van der Waals surface area contributed by atoms with Gasteiger partial charge in [0.05, 0.1) is 12.2 Å². The van der Waals surface area contributed by atoms with E-state index in [1.165, 1.54) is 5.57 Å². The van der Waals surface area contributed by atoms with E-state index >= 15 is 0 Å². The molecule has 0 aromatic carbocycles. The van der Waals surface area contributed by atoms with Crippen LogP contribution in [0.1, 0.15) is 66.2 Å². The van der Waals surface area contributed by atoms with Crippen molar-refractivity contribution in [1.82, 2.24) is 0 Å². The van der Waals surface area contributed by atoms with Gasteiger partial charge in [-0.2, -0.15) is 0 Å². The molecule has 0 radical (unpaired) electrons. The van der Waals surface area contributed by atoms with Crippen LogP contribution >= 0.6 is 11.6 Å². The topological polar surface area (TPSA) is 77.8 Å². The van der Waals surface area contributed by atoms with Gasteiger partial charge < -0.3 is 15.3 Å². The second-order valence-corrected chi connectivity index (χ2v) is 9.42. The van der Waals surface area contributed by atoms with Crippen molar-refractivity contribution < 1.29 is 20.1 Å². The van der Waals surface area contributed by atoms with Gasteiger partial charge in [-0.3, -0.25) is 4.79 Å². The molecule has 4 nitrogen and oxygen atoms in total. The average molecular weight is 413 g/mol. The van der Waals surface area contributed by atoms with Crippen LogP contribution in [0, 0.1) is 17.3 Å². The molecule has 0 bridgehead atoms. The molecule has 0 spiro atoms. The van der Waals surface area contributed by atoms with Crippen molar-refractivity contribution in [3.05, 3.63) is 36.0 Å². The maximum atomic E-state index is 10.6. The van der Waals surface area contributed by atoms with E-state index < -0.39 is 18.2 Å². The minimum atomic E-state index is -0.774. The Morgan fingerprint density at radius 3 is 2.57 bits per heavy atom. The largest absolute Gasteiger partial charge is 0.481 e. The summed E-state index contributed by atoms with van der Waals surface area (Å²) in [5, 5.41) is 29.6. The Kier molecular flexibility index (Phi) is 10.5. The molecule has 0 aromatic heterocycles. The lowest BCUT2D eigenvalue weighted by molar-refractivity contribution is -0.137. The standard InChI is InChI=1S/C23H37ClO4/c1-16(2)13-14-23(3,4)21(26)12-11-18-17(19(24)15-20(18)25)9-7-5-6-8-10-22(27)28/h5,7,11-13,17-21,25-26H,6,8-10,14-15H2,1-4H3,(H,27,28)/t17-,18-,19-,20-,21-/m1/s1. The fourth-order valence-corrected chi connectivity index (χ4v) is 3.94. The molecule has 1 aliphatic carbocycles. The summed E-state index contributed by atoms with van der Waals surface area (Å²) in [6.07, 6.45) is 12.4. The monoisotopic (exact) mass is 412 g/mol. The first kappa shape index (κ1) is 24.9. The van der Waals surface area contributed by atoms with Crippen LogP contribution in [0.2, 0.25) is 0 Å². The third-order valence-electron chi connectivity index (χ3n) is 5.56. The number of halogens is 1. The quantitative estimate of drug-likeness (QED) is 0.251. The van der Waals surface area contributed by atoms with Gasteiger partial charge in [0.15, 0.2) is 0 Å². The van der Waals surface area contributed by atoms with Crippen LogP contribution in [0.25, 0.3) is 0 Å². The van der Waals surface area contributed by atoms with Crippen LogP contribution < -0.4 is 0 Å². The summed E-state index contributed by atoms with van der Waals surface area (Å²) in [6.45, 7) is 8.17. The second kappa shape index (κ2) is 11.8. The van der Waals surface area contributed by atoms with Crippen molar-refractivity contribution in [2.45, 2.75) is 83.8 Å². The van der Waals surface area contributed by atoms with Crippen LogP contribution in [0.15, 0.2) is 36.0 Å². The summed E-state index contributed by atoms with van der Waals surface area (Å²) < 4.78 is 0. The van der Waals surface area contributed by atoms with Crippen molar-refractivity contribution in [3.63, 3.8) is 0 Å².